The van der Waals surface area contributed by atoms with Gasteiger partial charge in [0.2, 0.25) is 10.0 Å². The third-order valence-electron chi connectivity index (χ3n) is 5.96. The van der Waals surface area contributed by atoms with Gasteiger partial charge in [-0.1, -0.05) is 6.07 Å². The molecular formula is C22H24N2O5S. The lowest BCUT2D eigenvalue weighted by molar-refractivity contribution is -0.0716. The quantitative estimate of drug-likeness (QED) is 0.801. The maximum atomic E-state index is 12.8. The summed E-state index contributed by atoms with van der Waals surface area (Å²) in [5, 5.41) is 2.83. The van der Waals surface area contributed by atoms with Gasteiger partial charge in [-0.3, -0.25) is 4.79 Å². The van der Waals surface area contributed by atoms with Crippen molar-refractivity contribution in [1.82, 2.24) is 4.31 Å². The molecule has 1 N–H and O–H groups in total. The van der Waals surface area contributed by atoms with E-state index in [0.29, 0.717) is 35.8 Å². The van der Waals surface area contributed by atoms with Crippen molar-refractivity contribution in [2.75, 3.05) is 18.4 Å². The molecule has 5 rings (SSSR count). The van der Waals surface area contributed by atoms with Crippen molar-refractivity contribution in [3.05, 3.63) is 48.0 Å². The third-order valence-corrected chi connectivity index (χ3v) is 7.85. The van der Waals surface area contributed by atoms with E-state index in [-0.39, 0.29) is 10.8 Å². The summed E-state index contributed by atoms with van der Waals surface area (Å²) in [6, 6.07) is 11.5. The minimum Gasteiger partial charge on any atom is -0.448 e. The predicted octanol–water partition coefficient (Wildman–Crippen LogP) is 3.76. The lowest BCUT2D eigenvalue weighted by atomic mass is 10.2. The number of carbonyl (C=O) groups is 1. The zero-order valence-electron chi connectivity index (χ0n) is 16.6. The molecule has 1 amide bonds. The number of benzene rings is 2. The number of nitrogens with one attached hydrogen (secondary N) is 1. The lowest BCUT2D eigenvalue weighted by Crippen LogP contribution is -2.34. The Morgan fingerprint density at radius 3 is 2.43 bits per heavy atom. The van der Waals surface area contributed by atoms with Gasteiger partial charge in [0.15, 0.2) is 11.5 Å². The average Bonchev–Trinajstić information content (AvgIpc) is 3.49. The zero-order valence-corrected chi connectivity index (χ0v) is 17.4. The van der Waals surface area contributed by atoms with Crippen molar-refractivity contribution < 1.29 is 22.7 Å². The molecule has 2 fully saturated rings. The molecule has 0 radical (unpaired) electrons. The Morgan fingerprint density at radius 2 is 1.67 bits per heavy atom. The summed E-state index contributed by atoms with van der Waals surface area (Å²) in [6.07, 6.45) is 5.61. The van der Waals surface area contributed by atoms with Crippen LogP contribution in [0.25, 0.3) is 0 Å². The second kappa shape index (κ2) is 7.28. The number of nitrogens with zero attached hydrogens (tertiary/aromatic N) is 1. The first kappa shape index (κ1) is 19.4. The number of anilines is 1. The zero-order chi connectivity index (χ0) is 20.8. The second-order valence-electron chi connectivity index (χ2n) is 8.08. The Balaban J connectivity index is 1.33. The number of sulfonamides is 1. The molecule has 2 aromatic carbocycles. The summed E-state index contributed by atoms with van der Waals surface area (Å²) in [7, 11) is -3.57. The van der Waals surface area contributed by atoms with Crippen molar-refractivity contribution in [2.24, 2.45) is 0 Å². The number of hydrogen-bond acceptors (Lipinski definition) is 5. The van der Waals surface area contributed by atoms with Crippen molar-refractivity contribution in [3.8, 4) is 11.5 Å². The average molecular weight is 429 g/mol. The van der Waals surface area contributed by atoms with Gasteiger partial charge in [-0.25, -0.2) is 8.42 Å². The van der Waals surface area contributed by atoms with Crippen LogP contribution in [0.15, 0.2) is 47.4 Å². The number of fused-ring (bicyclic) bond motifs is 1. The van der Waals surface area contributed by atoms with Crippen LogP contribution in [-0.4, -0.2) is 37.5 Å². The van der Waals surface area contributed by atoms with E-state index in [1.165, 1.54) is 16.4 Å². The van der Waals surface area contributed by atoms with Gasteiger partial charge in [-0.2, -0.15) is 4.31 Å². The van der Waals surface area contributed by atoms with Crippen LogP contribution in [0.2, 0.25) is 0 Å². The smallest absolute Gasteiger partial charge is 0.255 e. The molecule has 1 aliphatic carbocycles. The largest absolute Gasteiger partial charge is 0.448 e. The molecule has 2 aliphatic heterocycles. The summed E-state index contributed by atoms with van der Waals surface area (Å²) in [6.45, 7) is 1.05. The van der Waals surface area contributed by atoms with Crippen LogP contribution in [-0.2, 0) is 10.0 Å². The van der Waals surface area contributed by atoms with E-state index in [0.717, 1.165) is 38.5 Å². The number of carbonyl (C=O) groups excluding carboxylic acids is 1. The van der Waals surface area contributed by atoms with Gasteiger partial charge >= 0.3 is 0 Å². The Bertz CT molecular complexity index is 1090. The van der Waals surface area contributed by atoms with Crippen LogP contribution in [0, 0.1) is 0 Å². The van der Waals surface area contributed by atoms with Crippen LogP contribution in [0.4, 0.5) is 5.69 Å². The van der Waals surface area contributed by atoms with Gasteiger partial charge in [-0.05, 0) is 56.0 Å². The van der Waals surface area contributed by atoms with Gasteiger partial charge < -0.3 is 14.8 Å². The molecule has 30 heavy (non-hydrogen) atoms. The van der Waals surface area contributed by atoms with Gasteiger partial charge in [-0.15, -0.1) is 0 Å². The fraction of sp³-hybridized carbons (Fsp3) is 0.409. The Labute approximate surface area is 176 Å². The first-order chi connectivity index (χ1) is 14.5. The normalized spacial score (nSPS) is 20.0. The van der Waals surface area contributed by atoms with Gasteiger partial charge in [0, 0.05) is 43.2 Å². The predicted molar refractivity (Wildman–Crippen MR) is 111 cm³/mol. The number of amides is 1. The minimum absolute atomic E-state index is 0.144. The lowest BCUT2D eigenvalue weighted by Gasteiger charge is -2.21. The van der Waals surface area contributed by atoms with Gasteiger partial charge in [0.25, 0.3) is 11.7 Å². The van der Waals surface area contributed by atoms with Crippen LogP contribution in [0.1, 0.15) is 48.9 Å². The topological polar surface area (TPSA) is 84.9 Å². The summed E-state index contributed by atoms with van der Waals surface area (Å²) in [5.41, 5.74) is 0.866. The van der Waals surface area contributed by atoms with E-state index < -0.39 is 15.8 Å². The molecule has 0 aromatic heterocycles. The van der Waals surface area contributed by atoms with E-state index >= 15 is 0 Å². The molecule has 1 saturated carbocycles. The maximum Gasteiger partial charge on any atom is 0.255 e. The molecule has 1 spiro atoms. The summed E-state index contributed by atoms with van der Waals surface area (Å²) in [5.74, 6) is 0.389. The highest BCUT2D eigenvalue weighted by Gasteiger charge is 2.44. The second-order valence-corrected chi connectivity index (χ2v) is 10.0. The van der Waals surface area contributed by atoms with E-state index in [9.17, 15) is 13.2 Å². The molecule has 3 aliphatic rings. The molecule has 0 atom stereocenters. The minimum atomic E-state index is -3.57. The summed E-state index contributed by atoms with van der Waals surface area (Å²) in [4.78, 5) is 12.9. The van der Waals surface area contributed by atoms with E-state index in [2.05, 4.69) is 5.32 Å². The molecule has 2 heterocycles. The van der Waals surface area contributed by atoms with Crippen molar-refractivity contribution in [1.29, 1.82) is 0 Å². The van der Waals surface area contributed by atoms with Crippen molar-refractivity contribution >= 4 is 21.6 Å². The Morgan fingerprint density at radius 1 is 0.933 bits per heavy atom. The number of rotatable bonds is 4. The third kappa shape index (κ3) is 3.44. The van der Waals surface area contributed by atoms with Gasteiger partial charge in [0.1, 0.15) is 0 Å². The Kier molecular flexibility index (Phi) is 4.71. The standard InChI is InChI=1S/C22H24N2O5S/c25-21(16-6-5-7-18(14-16)30(26,27)24-12-3-4-13-24)23-17-8-9-19-20(15-17)29-22(28-19)10-1-2-11-22/h5-9,14-15H,1-4,10-13H2,(H,23,25). The van der Waals surface area contributed by atoms with Gasteiger partial charge in [0.05, 0.1) is 4.90 Å². The fourth-order valence-corrected chi connectivity index (χ4v) is 5.93. The van der Waals surface area contributed by atoms with Crippen LogP contribution >= 0.6 is 0 Å². The van der Waals surface area contributed by atoms with E-state index in [1.807, 2.05) is 0 Å². The highest BCUT2D eigenvalue weighted by molar-refractivity contribution is 7.89. The van der Waals surface area contributed by atoms with Crippen molar-refractivity contribution in [2.45, 2.75) is 49.2 Å². The number of hydrogen-bond donors (Lipinski definition) is 1. The van der Waals surface area contributed by atoms with Crippen molar-refractivity contribution in [3.63, 3.8) is 0 Å². The first-order valence-electron chi connectivity index (χ1n) is 10.4. The summed E-state index contributed by atoms with van der Waals surface area (Å²) < 4.78 is 39.1. The van der Waals surface area contributed by atoms with E-state index in [4.69, 9.17) is 9.47 Å². The Hall–Kier alpha value is -2.58. The van der Waals surface area contributed by atoms with E-state index in [1.54, 1.807) is 30.3 Å². The number of ether oxygens (including phenoxy) is 2. The highest BCUT2D eigenvalue weighted by Crippen LogP contribution is 2.47. The molecule has 0 unspecified atom stereocenters. The fourth-order valence-electron chi connectivity index (χ4n) is 4.37. The molecule has 0 bridgehead atoms. The SMILES string of the molecule is O=C(Nc1ccc2c(c1)OC1(CCCC1)O2)c1cccc(S(=O)(=O)N2CCCC2)c1. The molecule has 2 aromatic rings. The summed E-state index contributed by atoms with van der Waals surface area (Å²) >= 11 is 0. The maximum absolute atomic E-state index is 12.8. The molecule has 8 heteroatoms. The highest BCUT2D eigenvalue weighted by atomic mass is 32.2. The van der Waals surface area contributed by atoms with Crippen LogP contribution in [0.3, 0.4) is 0 Å². The molecule has 7 nitrogen and oxygen atoms in total. The first-order valence-corrected chi connectivity index (χ1v) is 11.8. The molecule has 158 valence electrons. The monoisotopic (exact) mass is 428 g/mol. The van der Waals surface area contributed by atoms with Crippen LogP contribution in [0.5, 0.6) is 11.5 Å². The molecule has 1 saturated heterocycles. The molecular weight excluding hydrogens is 404 g/mol. The van der Waals surface area contributed by atoms with Crippen LogP contribution < -0.4 is 14.8 Å².